The minimum atomic E-state index is -0.580. The van der Waals surface area contributed by atoms with E-state index in [1.54, 1.807) is 49.5 Å². The van der Waals surface area contributed by atoms with Crippen molar-refractivity contribution in [2.75, 3.05) is 41.1 Å². The van der Waals surface area contributed by atoms with E-state index >= 15 is 0 Å². The van der Waals surface area contributed by atoms with E-state index in [1.165, 1.54) is 7.11 Å². The van der Waals surface area contributed by atoms with Crippen molar-refractivity contribution in [1.82, 2.24) is 4.90 Å². The molecular weight excluding hydrogens is 398 g/mol. The molecular formula is C21H24ClNO6. The first-order valence-electron chi connectivity index (χ1n) is 9.13. The molecule has 2 aromatic rings. The number of rotatable bonds is 6. The molecule has 1 N–H and O–H groups in total. The lowest BCUT2D eigenvalue weighted by Crippen LogP contribution is -2.49. The zero-order chi connectivity index (χ0) is 21.0. The Labute approximate surface area is 174 Å². The Balaban J connectivity index is 2.03. The molecule has 1 amide bonds. The van der Waals surface area contributed by atoms with Crippen LogP contribution in [-0.2, 0) is 4.74 Å². The first-order valence-corrected chi connectivity index (χ1v) is 9.50. The first kappa shape index (κ1) is 21.2. The van der Waals surface area contributed by atoms with Gasteiger partial charge < -0.3 is 29.0 Å². The first-order chi connectivity index (χ1) is 14.0. The Morgan fingerprint density at radius 2 is 1.83 bits per heavy atom. The number of ether oxygens (including phenoxy) is 4. The second-order valence-electron chi connectivity index (χ2n) is 6.49. The Hall–Kier alpha value is -2.48. The highest BCUT2D eigenvalue weighted by Crippen LogP contribution is 2.37. The monoisotopic (exact) mass is 421 g/mol. The van der Waals surface area contributed by atoms with Gasteiger partial charge in [0, 0.05) is 11.6 Å². The molecule has 7 nitrogen and oxygen atoms in total. The number of aliphatic hydroxyl groups is 1. The van der Waals surface area contributed by atoms with Gasteiger partial charge in [0.2, 0.25) is 0 Å². The molecule has 1 aliphatic rings. The van der Waals surface area contributed by atoms with Crippen LogP contribution in [0.1, 0.15) is 22.0 Å². The van der Waals surface area contributed by atoms with Crippen molar-refractivity contribution in [2.24, 2.45) is 0 Å². The van der Waals surface area contributed by atoms with Crippen LogP contribution in [0.2, 0.25) is 5.02 Å². The third kappa shape index (κ3) is 4.27. The van der Waals surface area contributed by atoms with Crippen molar-refractivity contribution in [3.63, 3.8) is 0 Å². The molecule has 156 valence electrons. The number of methoxy groups -OCH3 is 3. The Morgan fingerprint density at radius 1 is 1.10 bits per heavy atom. The quantitative estimate of drug-likeness (QED) is 0.772. The van der Waals surface area contributed by atoms with Crippen LogP contribution in [0.3, 0.4) is 0 Å². The fraction of sp³-hybridized carbons (Fsp3) is 0.381. The van der Waals surface area contributed by atoms with Gasteiger partial charge in [-0.3, -0.25) is 4.79 Å². The topological polar surface area (TPSA) is 77.5 Å². The largest absolute Gasteiger partial charge is 0.496 e. The van der Waals surface area contributed by atoms with E-state index in [1.807, 2.05) is 6.07 Å². The lowest BCUT2D eigenvalue weighted by Gasteiger charge is -2.41. The maximum absolute atomic E-state index is 13.4. The minimum absolute atomic E-state index is 0.236. The third-order valence-corrected chi connectivity index (χ3v) is 5.17. The number of morpholine rings is 1. The molecule has 2 unspecified atom stereocenters. The molecule has 2 atom stereocenters. The lowest BCUT2D eigenvalue weighted by molar-refractivity contribution is -0.0812. The summed E-state index contributed by atoms with van der Waals surface area (Å²) in [6.07, 6.45) is -0.580. The zero-order valence-corrected chi connectivity index (χ0v) is 17.3. The van der Waals surface area contributed by atoms with Crippen LogP contribution >= 0.6 is 11.6 Å². The smallest absolute Gasteiger partial charge is 0.258 e. The van der Waals surface area contributed by atoms with Gasteiger partial charge in [-0.25, -0.2) is 0 Å². The van der Waals surface area contributed by atoms with E-state index in [4.69, 9.17) is 30.5 Å². The fourth-order valence-electron chi connectivity index (χ4n) is 3.54. The van der Waals surface area contributed by atoms with E-state index in [9.17, 15) is 9.90 Å². The van der Waals surface area contributed by atoms with Crippen molar-refractivity contribution in [2.45, 2.75) is 12.1 Å². The number of carbonyl (C=O) groups excluding carboxylic acids is 1. The van der Waals surface area contributed by atoms with E-state index in [-0.39, 0.29) is 12.5 Å². The summed E-state index contributed by atoms with van der Waals surface area (Å²) in [5.41, 5.74) is 1.16. The van der Waals surface area contributed by atoms with Crippen LogP contribution in [0.4, 0.5) is 0 Å². The number of amides is 1. The number of hydrogen-bond donors (Lipinski definition) is 1. The second kappa shape index (κ2) is 9.35. The third-order valence-electron chi connectivity index (χ3n) is 4.94. The molecule has 1 aliphatic heterocycles. The number of aliphatic hydroxyl groups excluding tert-OH is 1. The SMILES string of the molecule is COc1ccc(C2C(CO)OCCN2C(=O)c2ccc(Cl)cc2OC)cc1OC. The molecule has 0 spiro atoms. The van der Waals surface area contributed by atoms with Crippen molar-refractivity contribution < 1.29 is 28.8 Å². The maximum Gasteiger partial charge on any atom is 0.258 e. The van der Waals surface area contributed by atoms with Gasteiger partial charge in [-0.05, 0) is 35.9 Å². The summed E-state index contributed by atoms with van der Waals surface area (Å²) in [6, 6.07) is 9.77. The highest BCUT2D eigenvalue weighted by Gasteiger charge is 2.37. The Bertz CT molecular complexity index is 874. The molecule has 8 heteroatoms. The van der Waals surface area contributed by atoms with E-state index in [0.29, 0.717) is 41.0 Å². The van der Waals surface area contributed by atoms with Crippen LogP contribution in [-0.4, -0.2) is 63.1 Å². The summed E-state index contributed by atoms with van der Waals surface area (Å²) >= 11 is 6.03. The normalized spacial score (nSPS) is 19.0. The van der Waals surface area contributed by atoms with E-state index < -0.39 is 12.1 Å². The minimum Gasteiger partial charge on any atom is -0.496 e. The van der Waals surface area contributed by atoms with Gasteiger partial charge in [0.15, 0.2) is 11.5 Å². The average molecular weight is 422 g/mol. The number of hydrogen-bond acceptors (Lipinski definition) is 6. The van der Waals surface area contributed by atoms with Crippen molar-refractivity contribution in [3.8, 4) is 17.2 Å². The molecule has 0 aliphatic carbocycles. The number of benzene rings is 2. The summed E-state index contributed by atoms with van der Waals surface area (Å²) in [7, 11) is 4.59. The zero-order valence-electron chi connectivity index (χ0n) is 16.6. The van der Waals surface area contributed by atoms with Crippen LogP contribution in [0.5, 0.6) is 17.2 Å². The Kier molecular flexibility index (Phi) is 6.84. The second-order valence-corrected chi connectivity index (χ2v) is 6.93. The highest BCUT2D eigenvalue weighted by atomic mass is 35.5. The number of carbonyl (C=O) groups is 1. The van der Waals surface area contributed by atoms with Crippen LogP contribution in [0.15, 0.2) is 36.4 Å². The molecule has 1 heterocycles. The van der Waals surface area contributed by atoms with Crippen molar-refractivity contribution in [1.29, 1.82) is 0 Å². The van der Waals surface area contributed by atoms with Gasteiger partial charge in [0.25, 0.3) is 5.91 Å². The lowest BCUT2D eigenvalue weighted by atomic mass is 9.96. The number of nitrogens with zero attached hydrogens (tertiary/aromatic N) is 1. The average Bonchev–Trinajstić information content (AvgIpc) is 2.77. The van der Waals surface area contributed by atoms with Gasteiger partial charge in [-0.2, -0.15) is 0 Å². The van der Waals surface area contributed by atoms with Crippen molar-refractivity contribution >= 4 is 17.5 Å². The molecule has 0 aromatic heterocycles. The molecule has 1 saturated heterocycles. The van der Waals surface area contributed by atoms with E-state index in [2.05, 4.69) is 0 Å². The Morgan fingerprint density at radius 3 is 2.48 bits per heavy atom. The molecule has 29 heavy (non-hydrogen) atoms. The predicted molar refractivity (Wildman–Crippen MR) is 108 cm³/mol. The van der Waals surface area contributed by atoms with Gasteiger partial charge in [0.05, 0.1) is 46.1 Å². The summed E-state index contributed by atoms with van der Waals surface area (Å²) in [4.78, 5) is 15.1. The highest BCUT2D eigenvalue weighted by molar-refractivity contribution is 6.30. The summed E-state index contributed by atoms with van der Waals surface area (Å²) in [5.74, 6) is 1.26. The standard InChI is InChI=1S/C21H24ClNO6/c1-26-16-7-4-13(10-18(16)28-3)20-19(12-24)29-9-8-23(20)21(25)15-6-5-14(22)11-17(15)27-2/h4-7,10-11,19-20,24H,8-9,12H2,1-3H3. The molecule has 2 aromatic carbocycles. The van der Waals surface area contributed by atoms with Gasteiger partial charge in [-0.15, -0.1) is 0 Å². The fourth-order valence-corrected chi connectivity index (χ4v) is 3.70. The predicted octanol–water partition coefficient (Wildman–Crippen LogP) is 2.94. The molecule has 3 rings (SSSR count). The van der Waals surface area contributed by atoms with Gasteiger partial charge in [0.1, 0.15) is 11.9 Å². The molecule has 0 radical (unpaired) electrons. The van der Waals surface area contributed by atoms with Crippen LogP contribution in [0.25, 0.3) is 0 Å². The molecule has 0 saturated carbocycles. The van der Waals surface area contributed by atoms with Crippen LogP contribution < -0.4 is 14.2 Å². The summed E-state index contributed by atoms with van der Waals surface area (Å²) in [5, 5.41) is 10.4. The summed E-state index contributed by atoms with van der Waals surface area (Å²) < 4.78 is 21.8. The van der Waals surface area contributed by atoms with Crippen LogP contribution in [0, 0.1) is 0 Å². The van der Waals surface area contributed by atoms with E-state index in [0.717, 1.165) is 5.56 Å². The number of halogens is 1. The van der Waals surface area contributed by atoms with Gasteiger partial charge in [-0.1, -0.05) is 17.7 Å². The molecule has 0 bridgehead atoms. The summed E-state index contributed by atoms with van der Waals surface area (Å²) in [6.45, 7) is 0.442. The van der Waals surface area contributed by atoms with Gasteiger partial charge >= 0.3 is 0 Å². The molecule has 1 fully saturated rings. The maximum atomic E-state index is 13.4. The van der Waals surface area contributed by atoms with Crippen molar-refractivity contribution in [3.05, 3.63) is 52.5 Å².